The van der Waals surface area contributed by atoms with Crippen molar-refractivity contribution in [3.63, 3.8) is 0 Å². The Morgan fingerprint density at radius 1 is 1.24 bits per heavy atom. The topological polar surface area (TPSA) is 78.6 Å². The summed E-state index contributed by atoms with van der Waals surface area (Å²) in [6.07, 6.45) is 0.595. The minimum atomic E-state index is -4.60. The van der Waals surface area contributed by atoms with Crippen molar-refractivity contribution in [2.24, 2.45) is 5.92 Å². The summed E-state index contributed by atoms with van der Waals surface area (Å²) in [7, 11) is -3.56. The lowest BCUT2D eigenvalue weighted by Gasteiger charge is -2.32. The summed E-state index contributed by atoms with van der Waals surface area (Å²) in [6.45, 7) is 1.93. The molecule has 0 spiro atoms. The van der Waals surface area contributed by atoms with Gasteiger partial charge in [-0.05, 0) is 37.8 Å². The third-order valence-corrected chi connectivity index (χ3v) is 5.65. The van der Waals surface area contributed by atoms with Crippen molar-refractivity contribution in [1.29, 1.82) is 0 Å². The molecule has 0 aliphatic heterocycles. The number of nitrogens with zero attached hydrogens (tertiary/aromatic N) is 1. The van der Waals surface area contributed by atoms with Crippen LogP contribution in [0.4, 0.5) is 13.2 Å². The minimum absolute atomic E-state index is 0.0232. The molecule has 0 bridgehead atoms. The lowest BCUT2D eigenvalue weighted by molar-refractivity contribution is -0.141. The van der Waals surface area contributed by atoms with E-state index in [4.69, 9.17) is 13.4 Å². The number of fused-ring (bicyclic) bond motifs is 1. The van der Waals surface area contributed by atoms with E-state index in [1.54, 1.807) is 0 Å². The Balaban J connectivity index is 1.90. The molecule has 1 aliphatic rings. The number of rotatable bonds is 7. The Bertz CT molecular complexity index is 955. The number of halogens is 3. The van der Waals surface area contributed by atoms with Gasteiger partial charge in [0.05, 0.1) is 18.2 Å². The molecule has 1 aromatic heterocycles. The molecule has 162 valence electrons. The number of hydrogen-bond acceptors (Lipinski definition) is 6. The van der Waals surface area contributed by atoms with Crippen LogP contribution < -0.4 is 4.74 Å². The zero-order chi connectivity index (χ0) is 21.2. The minimum Gasteiger partial charge on any atom is -0.490 e. The van der Waals surface area contributed by atoms with Gasteiger partial charge in [-0.1, -0.05) is 24.9 Å². The molecule has 1 fully saturated rings. The Labute approximate surface area is 167 Å². The first kappa shape index (κ1) is 21.9. The Morgan fingerprint density at radius 2 is 1.97 bits per heavy atom. The summed E-state index contributed by atoms with van der Waals surface area (Å²) in [4.78, 5) is 0. The molecular weight excluding hydrogens is 411 g/mol. The molecule has 1 aliphatic carbocycles. The van der Waals surface area contributed by atoms with Gasteiger partial charge in [-0.15, -0.1) is 0 Å². The monoisotopic (exact) mass is 435 g/mol. The molecule has 1 saturated carbocycles. The van der Waals surface area contributed by atoms with Gasteiger partial charge in [0.1, 0.15) is 11.9 Å². The third-order valence-electron chi connectivity index (χ3n) is 5.08. The second-order valence-electron chi connectivity index (χ2n) is 7.39. The lowest BCUT2D eigenvalue weighted by atomic mass is 9.87. The highest BCUT2D eigenvalue weighted by atomic mass is 32.2. The van der Waals surface area contributed by atoms with Crippen LogP contribution in [0.3, 0.4) is 0 Å². The van der Waals surface area contributed by atoms with Crippen LogP contribution >= 0.6 is 0 Å². The van der Waals surface area contributed by atoms with E-state index in [1.807, 2.05) is 6.92 Å². The molecule has 2 aromatic rings. The maximum atomic E-state index is 13.2. The Kier molecular flexibility index (Phi) is 6.42. The van der Waals surface area contributed by atoms with Gasteiger partial charge in [-0.2, -0.15) is 21.6 Å². The number of alkyl halides is 3. The highest BCUT2D eigenvalue weighted by molar-refractivity contribution is 7.85. The van der Waals surface area contributed by atoms with Crippen LogP contribution in [0.25, 0.3) is 11.0 Å². The number of aromatic nitrogens is 1. The van der Waals surface area contributed by atoms with Crippen molar-refractivity contribution >= 4 is 21.1 Å². The van der Waals surface area contributed by atoms with Gasteiger partial charge in [-0.25, -0.2) is 0 Å². The molecule has 0 amide bonds. The van der Waals surface area contributed by atoms with Crippen LogP contribution in [0, 0.1) is 5.92 Å². The van der Waals surface area contributed by atoms with Crippen LogP contribution in [0.5, 0.6) is 5.75 Å². The molecule has 0 saturated heterocycles. The molecular formula is C19H24F3NO5S. The van der Waals surface area contributed by atoms with Gasteiger partial charge in [0.25, 0.3) is 10.1 Å². The maximum absolute atomic E-state index is 13.2. The first-order valence-electron chi connectivity index (χ1n) is 9.59. The standard InChI is InChI=1S/C19H24F3NO5S/c1-3-6-13-16(10-9-14-17(13)28-23-18(14)19(20,21)22)27-15-8-5-4-7-12(15)11-26-29(2,24)25/h9-10,12,15H,3-8,11H2,1-2H3/t12-,15?/m0/s1. The average molecular weight is 435 g/mol. The summed E-state index contributed by atoms with van der Waals surface area (Å²) >= 11 is 0. The van der Waals surface area contributed by atoms with E-state index in [0.717, 1.165) is 25.5 Å². The van der Waals surface area contributed by atoms with Crippen molar-refractivity contribution in [2.45, 2.75) is 57.7 Å². The van der Waals surface area contributed by atoms with Crippen molar-refractivity contribution in [1.82, 2.24) is 5.16 Å². The van der Waals surface area contributed by atoms with E-state index in [1.165, 1.54) is 12.1 Å². The largest absolute Gasteiger partial charge is 0.490 e. The fourth-order valence-corrected chi connectivity index (χ4v) is 4.16. The second kappa shape index (κ2) is 8.51. The van der Waals surface area contributed by atoms with Gasteiger partial charge in [-0.3, -0.25) is 4.18 Å². The van der Waals surface area contributed by atoms with Crippen LogP contribution in [-0.2, 0) is 26.9 Å². The first-order chi connectivity index (χ1) is 13.6. The molecule has 2 atom stereocenters. The van der Waals surface area contributed by atoms with E-state index in [-0.39, 0.29) is 29.6 Å². The van der Waals surface area contributed by atoms with Crippen LogP contribution in [0.2, 0.25) is 0 Å². The lowest BCUT2D eigenvalue weighted by Crippen LogP contribution is -2.34. The van der Waals surface area contributed by atoms with Gasteiger partial charge >= 0.3 is 6.18 Å². The molecule has 3 rings (SSSR count). The van der Waals surface area contributed by atoms with E-state index >= 15 is 0 Å². The first-order valence-corrected chi connectivity index (χ1v) is 11.4. The molecule has 6 nitrogen and oxygen atoms in total. The fraction of sp³-hybridized carbons (Fsp3) is 0.632. The van der Waals surface area contributed by atoms with Gasteiger partial charge < -0.3 is 9.26 Å². The maximum Gasteiger partial charge on any atom is 0.437 e. The predicted molar refractivity (Wildman–Crippen MR) is 100 cm³/mol. The summed E-state index contributed by atoms with van der Waals surface area (Å²) in [5.41, 5.74) is -0.425. The van der Waals surface area contributed by atoms with Crippen LogP contribution in [-0.4, -0.2) is 32.5 Å². The van der Waals surface area contributed by atoms with Crippen LogP contribution in [0.1, 0.15) is 50.3 Å². The molecule has 1 heterocycles. The quantitative estimate of drug-likeness (QED) is 0.586. The summed E-state index contributed by atoms with van der Waals surface area (Å²) in [6, 6.07) is 2.83. The molecule has 0 radical (unpaired) electrons. The van der Waals surface area contributed by atoms with Gasteiger partial charge in [0, 0.05) is 11.5 Å². The highest BCUT2D eigenvalue weighted by Gasteiger charge is 2.38. The molecule has 1 aromatic carbocycles. The third kappa shape index (κ3) is 5.22. The smallest absolute Gasteiger partial charge is 0.437 e. The highest BCUT2D eigenvalue weighted by Crippen LogP contribution is 2.39. The van der Waals surface area contributed by atoms with Crippen LogP contribution in [0.15, 0.2) is 16.7 Å². The summed E-state index contributed by atoms with van der Waals surface area (Å²) in [5.74, 6) is 0.324. The Morgan fingerprint density at radius 3 is 2.62 bits per heavy atom. The number of hydrogen-bond donors (Lipinski definition) is 0. The molecule has 10 heteroatoms. The summed E-state index contributed by atoms with van der Waals surface area (Å²) in [5, 5.41) is 3.14. The normalized spacial score (nSPS) is 20.9. The van der Waals surface area contributed by atoms with E-state index in [0.29, 0.717) is 30.6 Å². The van der Waals surface area contributed by atoms with Crippen molar-refractivity contribution in [2.75, 3.05) is 12.9 Å². The zero-order valence-corrected chi connectivity index (χ0v) is 17.1. The van der Waals surface area contributed by atoms with Crippen molar-refractivity contribution < 1.29 is 35.0 Å². The van der Waals surface area contributed by atoms with E-state index in [2.05, 4.69) is 5.16 Å². The predicted octanol–water partition coefficient (Wildman–Crippen LogP) is 4.71. The van der Waals surface area contributed by atoms with E-state index in [9.17, 15) is 21.6 Å². The summed E-state index contributed by atoms with van der Waals surface area (Å²) < 4.78 is 78.3. The molecule has 29 heavy (non-hydrogen) atoms. The van der Waals surface area contributed by atoms with Crippen molar-refractivity contribution in [3.05, 3.63) is 23.4 Å². The number of ether oxygens (including phenoxy) is 1. The average Bonchev–Trinajstić information content (AvgIpc) is 3.07. The van der Waals surface area contributed by atoms with Crippen molar-refractivity contribution in [3.8, 4) is 5.75 Å². The SMILES string of the molecule is CCCc1c(OC2CCCC[C@H]2COS(C)(=O)=O)ccc2c(C(F)(F)F)noc12. The number of benzene rings is 1. The second-order valence-corrected chi connectivity index (χ2v) is 9.03. The molecule has 1 unspecified atom stereocenters. The zero-order valence-electron chi connectivity index (χ0n) is 16.3. The van der Waals surface area contributed by atoms with Gasteiger partial charge in [0.2, 0.25) is 0 Å². The number of aryl methyl sites for hydroxylation is 1. The van der Waals surface area contributed by atoms with E-state index < -0.39 is 22.0 Å². The van der Waals surface area contributed by atoms with Gasteiger partial charge in [0.15, 0.2) is 11.3 Å². The molecule has 0 N–H and O–H groups in total. The fourth-order valence-electron chi connectivity index (χ4n) is 3.74. The Hall–Kier alpha value is -1.81.